The molecule has 1 aliphatic heterocycles. The molecule has 7 nitrogen and oxygen atoms in total. The number of Topliss-reactive ketones (excluding diaryl/α,β-unsaturated/α-hetero) is 1. The number of para-hydroxylation sites is 1. The van der Waals surface area contributed by atoms with Crippen LogP contribution in [0.4, 0.5) is 11.4 Å². The first-order valence-electron chi connectivity index (χ1n) is 10.8. The van der Waals surface area contributed by atoms with Gasteiger partial charge in [-0.1, -0.05) is 44.2 Å². The van der Waals surface area contributed by atoms with Crippen molar-refractivity contribution in [3.8, 4) is 0 Å². The van der Waals surface area contributed by atoms with E-state index in [4.69, 9.17) is 4.74 Å². The summed E-state index contributed by atoms with van der Waals surface area (Å²) in [4.78, 5) is 50.6. The minimum atomic E-state index is -0.619. The lowest BCUT2D eigenvalue weighted by molar-refractivity contribution is -0.151. The molecule has 7 heteroatoms. The number of hydrogen-bond acceptors (Lipinski definition) is 5. The maximum atomic E-state index is 12.7. The van der Waals surface area contributed by atoms with E-state index in [0.29, 0.717) is 11.3 Å². The van der Waals surface area contributed by atoms with Crippen LogP contribution in [0.1, 0.15) is 48.7 Å². The van der Waals surface area contributed by atoms with Gasteiger partial charge in [-0.2, -0.15) is 0 Å². The van der Waals surface area contributed by atoms with E-state index in [-0.39, 0.29) is 24.7 Å². The highest BCUT2D eigenvalue weighted by Crippen LogP contribution is 2.32. The van der Waals surface area contributed by atoms with Crippen LogP contribution in [-0.4, -0.2) is 36.7 Å². The van der Waals surface area contributed by atoms with Gasteiger partial charge in [-0.25, -0.2) is 0 Å². The largest absolute Gasteiger partial charge is 0.455 e. The van der Waals surface area contributed by atoms with Gasteiger partial charge in [0.05, 0.1) is 5.92 Å². The number of aryl methyl sites for hydroxylation is 2. The highest BCUT2D eigenvalue weighted by Gasteiger charge is 2.37. The second-order valence-electron chi connectivity index (χ2n) is 7.83. The van der Waals surface area contributed by atoms with Crippen LogP contribution in [0.15, 0.2) is 42.5 Å². The van der Waals surface area contributed by atoms with Crippen LogP contribution in [-0.2, 0) is 32.0 Å². The number of nitrogens with zero attached hydrogens (tertiary/aromatic N) is 1. The Bertz CT molecular complexity index is 1020. The zero-order valence-corrected chi connectivity index (χ0v) is 18.6. The van der Waals surface area contributed by atoms with Gasteiger partial charge in [0.25, 0.3) is 5.91 Å². The van der Waals surface area contributed by atoms with Gasteiger partial charge in [-0.05, 0) is 43.0 Å². The molecule has 1 atom stereocenters. The molecule has 1 aliphatic rings. The van der Waals surface area contributed by atoms with Gasteiger partial charge in [-0.3, -0.25) is 19.2 Å². The Labute approximate surface area is 187 Å². The molecular formula is C25H28N2O5. The lowest BCUT2D eigenvalue weighted by Gasteiger charge is -2.23. The monoisotopic (exact) mass is 436 g/mol. The van der Waals surface area contributed by atoms with Crippen molar-refractivity contribution in [1.29, 1.82) is 0 Å². The van der Waals surface area contributed by atoms with Gasteiger partial charge < -0.3 is 15.0 Å². The van der Waals surface area contributed by atoms with Crippen molar-refractivity contribution in [2.45, 2.75) is 40.0 Å². The fourth-order valence-electron chi connectivity index (χ4n) is 3.91. The highest BCUT2D eigenvalue weighted by atomic mass is 16.5. The van der Waals surface area contributed by atoms with Crippen molar-refractivity contribution in [3.05, 3.63) is 59.2 Å². The van der Waals surface area contributed by atoms with Crippen LogP contribution in [0.25, 0.3) is 0 Å². The first-order chi connectivity index (χ1) is 15.3. The SMILES string of the molecule is CCc1cccc(CC)c1N1C[C@H](C(=O)OCC(=O)Nc2cccc(C(C)=O)c2)CC1=O. The molecular weight excluding hydrogens is 408 g/mol. The summed E-state index contributed by atoms with van der Waals surface area (Å²) in [7, 11) is 0. The van der Waals surface area contributed by atoms with Crippen molar-refractivity contribution in [3.63, 3.8) is 0 Å². The molecule has 2 aromatic carbocycles. The van der Waals surface area contributed by atoms with Gasteiger partial charge in [0.15, 0.2) is 12.4 Å². The smallest absolute Gasteiger partial charge is 0.311 e. The molecule has 0 aliphatic carbocycles. The molecule has 0 saturated carbocycles. The van der Waals surface area contributed by atoms with Crippen LogP contribution in [0.2, 0.25) is 0 Å². The molecule has 3 rings (SSSR count). The van der Waals surface area contributed by atoms with Crippen molar-refractivity contribution < 1.29 is 23.9 Å². The van der Waals surface area contributed by atoms with Gasteiger partial charge in [0.2, 0.25) is 5.91 Å². The number of esters is 1. The Morgan fingerprint density at radius 1 is 1.06 bits per heavy atom. The molecule has 0 radical (unpaired) electrons. The summed E-state index contributed by atoms with van der Waals surface area (Å²) in [6.45, 7) is 5.30. The molecule has 32 heavy (non-hydrogen) atoms. The van der Waals surface area contributed by atoms with Crippen molar-refractivity contribution in [2.75, 3.05) is 23.4 Å². The average molecular weight is 437 g/mol. The van der Waals surface area contributed by atoms with Crippen LogP contribution in [0.5, 0.6) is 0 Å². The minimum Gasteiger partial charge on any atom is -0.455 e. The van der Waals surface area contributed by atoms with E-state index < -0.39 is 24.4 Å². The Kier molecular flexibility index (Phi) is 7.41. The Morgan fingerprint density at radius 3 is 2.34 bits per heavy atom. The molecule has 1 saturated heterocycles. The number of nitrogens with one attached hydrogen (secondary N) is 1. The second-order valence-corrected chi connectivity index (χ2v) is 7.83. The minimum absolute atomic E-state index is 0.0578. The van der Waals surface area contributed by atoms with E-state index in [9.17, 15) is 19.2 Å². The number of carbonyl (C=O) groups excluding carboxylic acids is 4. The summed E-state index contributed by atoms with van der Waals surface area (Å²) in [5.41, 5.74) is 3.95. The molecule has 1 heterocycles. The summed E-state index contributed by atoms with van der Waals surface area (Å²) in [6.07, 6.45) is 1.63. The Hall–Kier alpha value is -3.48. The number of carbonyl (C=O) groups is 4. The molecule has 0 bridgehead atoms. The van der Waals surface area contributed by atoms with Gasteiger partial charge >= 0.3 is 5.97 Å². The zero-order valence-electron chi connectivity index (χ0n) is 18.6. The molecule has 168 valence electrons. The van der Waals surface area contributed by atoms with E-state index in [0.717, 1.165) is 29.7 Å². The molecule has 0 aromatic heterocycles. The van der Waals surface area contributed by atoms with Gasteiger partial charge in [-0.15, -0.1) is 0 Å². The highest BCUT2D eigenvalue weighted by molar-refractivity contribution is 6.01. The first-order valence-corrected chi connectivity index (χ1v) is 10.8. The number of hydrogen-bond donors (Lipinski definition) is 1. The van der Waals surface area contributed by atoms with Gasteiger partial charge in [0.1, 0.15) is 0 Å². The number of rotatable bonds is 8. The fourth-order valence-corrected chi connectivity index (χ4v) is 3.91. The van der Waals surface area contributed by atoms with Crippen molar-refractivity contribution in [2.24, 2.45) is 5.92 Å². The maximum Gasteiger partial charge on any atom is 0.311 e. The van der Waals surface area contributed by atoms with Crippen LogP contribution < -0.4 is 10.2 Å². The normalized spacial score (nSPS) is 15.5. The predicted octanol–water partition coefficient (Wildman–Crippen LogP) is 3.55. The standard InChI is InChI=1S/C25H28N2O5/c1-4-17-8-6-9-18(5-2)24(17)27-14-20(13-23(27)30)25(31)32-15-22(29)26-21-11-7-10-19(12-21)16(3)28/h6-12,20H,4-5,13-15H2,1-3H3,(H,26,29)/t20-/m1/s1. The first kappa shape index (κ1) is 23.2. The number of ether oxygens (including phenoxy) is 1. The number of benzene rings is 2. The Morgan fingerprint density at radius 2 is 1.72 bits per heavy atom. The van der Waals surface area contributed by atoms with Crippen LogP contribution in [0.3, 0.4) is 0 Å². The third kappa shape index (κ3) is 5.22. The molecule has 0 unspecified atom stereocenters. The average Bonchev–Trinajstić information content (AvgIpc) is 3.18. The fraction of sp³-hybridized carbons (Fsp3) is 0.360. The molecule has 2 aromatic rings. The Balaban J connectivity index is 1.60. The number of anilines is 2. The topological polar surface area (TPSA) is 92.8 Å². The summed E-state index contributed by atoms with van der Waals surface area (Å²) in [5, 5.41) is 2.61. The summed E-state index contributed by atoms with van der Waals surface area (Å²) in [6, 6.07) is 12.5. The molecule has 1 fully saturated rings. The van der Waals surface area contributed by atoms with Crippen molar-refractivity contribution >= 4 is 34.9 Å². The zero-order chi connectivity index (χ0) is 23.3. The van der Waals surface area contributed by atoms with E-state index in [2.05, 4.69) is 5.32 Å². The van der Waals surface area contributed by atoms with Crippen molar-refractivity contribution in [1.82, 2.24) is 0 Å². The molecule has 2 amide bonds. The second kappa shape index (κ2) is 10.2. The molecule has 0 spiro atoms. The quantitative estimate of drug-likeness (QED) is 0.505. The van der Waals surface area contributed by atoms with Gasteiger partial charge in [0, 0.05) is 29.9 Å². The lowest BCUT2D eigenvalue weighted by Crippen LogP contribution is -2.29. The summed E-state index contributed by atoms with van der Waals surface area (Å²) >= 11 is 0. The lowest BCUT2D eigenvalue weighted by atomic mass is 10.0. The van der Waals surface area contributed by atoms with E-state index in [1.807, 2.05) is 32.0 Å². The summed E-state index contributed by atoms with van der Waals surface area (Å²) < 4.78 is 5.19. The maximum absolute atomic E-state index is 12.7. The number of amides is 2. The number of ketones is 1. The van der Waals surface area contributed by atoms with E-state index >= 15 is 0 Å². The third-order valence-corrected chi connectivity index (χ3v) is 5.59. The molecule has 1 N–H and O–H groups in total. The van der Waals surface area contributed by atoms with Crippen LogP contribution in [0, 0.1) is 5.92 Å². The van der Waals surface area contributed by atoms with Crippen LogP contribution >= 0.6 is 0 Å². The third-order valence-electron chi connectivity index (χ3n) is 5.59. The van der Waals surface area contributed by atoms with E-state index in [1.54, 1.807) is 29.2 Å². The van der Waals surface area contributed by atoms with E-state index in [1.165, 1.54) is 6.92 Å². The predicted molar refractivity (Wildman–Crippen MR) is 122 cm³/mol. The summed E-state index contributed by atoms with van der Waals surface area (Å²) in [5.74, 6) is -1.93.